The van der Waals surface area contributed by atoms with E-state index in [0.29, 0.717) is 13.0 Å². The molecule has 0 fully saturated rings. The zero-order valence-electron chi connectivity index (χ0n) is 16.3. The van der Waals surface area contributed by atoms with Gasteiger partial charge < -0.3 is 20.3 Å². The van der Waals surface area contributed by atoms with E-state index in [1.165, 1.54) is 6.08 Å². The van der Waals surface area contributed by atoms with Gasteiger partial charge in [0.1, 0.15) is 12.4 Å². The van der Waals surface area contributed by atoms with Gasteiger partial charge in [-0.25, -0.2) is 0 Å². The first kappa shape index (κ1) is 22.2. The average Bonchev–Trinajstić information content (AvgIpc) is 2.73. The lowest BCUT2D eigenvalue weighted by Gasteiger charge is -2.18. The van der Waals surface area contributed by atoms with Crippen molar-refractivity contribution in [3.05, 3.63) is 78.4 Å². The van der Waals surface area contributed by atoms with Gasteiger partial charge in [0.15, 0.2) is 0 Å². The Kier molecular flexibility index (Phi) is 8.92. The Balaban J connectivity index is 1.85. The van der Waals surface area contributed by atoms with Crippen LogP contribution in [0.3, 0.4) is 0 Å². The van der Waals surface area contributed by atoms with Crippen LogP contribution in [0.4, 0.5) is 0 Å². The molecular formula is C23H27NO5. The first-order chi connectivity index (χ1) is 14.0. The van der Waals surface area contributed by atoms with Crippen molar-refractivity contribution in [2.45, 2.75) is 31.9 Å². The Bertz CT molecular complexity index is 789. The molecule has 2 aromatic carbocycles. The smallest absolute Gasteiger partial charge is 0.307 e. The van der Waals surface area contributed by atoms with E-state index >= 15 is 0 Å². The summed E-state index contributed by atoms with van der Waals surface area (Å²) in [5.41, 5.74) is 2.01. The fraction of sp³-hybridized carbons (Fsp3) is 0.304. The second kappa shape index (κ2) is 11.7. The summed E-state index contributed by atoms with van der Waals surface area (Å²) in [6.45, 7) is 3.75. The summed E-state index contributed by atoms with van der Waals surface area (Å²) >= 11 is 0. The molecule has 3 N–H and O–H groups in total. The van der Waals surface area contributed by atoms with Crippen LogP contribution in [-0.4, -0.2) is 34.7 Å². The summed E-state index contributed by atoms with van der Waals surface area (Å²) in [7, 11) is 0. The van der Waals surface area contributed by atoms with Crippen LogP contribution >= 0.6 is 0 Å². The van der Waals surface area contributed by atoms with E-state index in [2.05, 4.69) is 11.9 Å². The maximum absolute atomic E-state index is 12.1. The molecule has 29 heavy (non-hydrogen) atoms. The molecular weight excluding hydrogens is 370 g/mol. The summed E-state index contributed by atoms with van der Waals surface area (Å²) in [5, 5.41) is 21.4. The fourth-order valence-electron chi connectivity index (χ4n) is 2.89. The summed E-state index contributed by atoms with van der Waals surface area (Å²) in [6.07, 6.45) is 1.98. The van der Waals surface area contributed by atoms with Gasteiger partial charge >= 0.3 is 5.97 Å². The molecule has 0 heterocycles. The second-order valence-electron chi connectivity index (χ2n) is 6.83. The van der Waals surface area contributed by atoms with Gasteiger partial charge in [0.05, 0.1) is 18.6 Å². The van der Waals surface area contributed by atoms with Crippen molar-refractivity contribution in [1.82, 2.24) is 5.32 Å². The van der Waals surface area contributed by atoms with Gasteiger partial charge in [0.25, 0.3) is 0 Å². The molecule has 0 aliphatic carbocycles. The highest BCUT2D eigenvalue weighted by molar-refractivity contribution is 5.82. The topological polar surface area (TPSA) is 95.9 Å². The molecule has 1 amide bonds. The van der Waals surface area contributed by atoms with Gasteiger partial charge in [-0.2, -0.15) is 0 Å². The van der Waals surface area contributed by atoms with Crippen LogP contribution in [0.5, 0.6) is 5.75 Å². The molecule has 0 aliphatic heterocycles. The largest absolute Gasteiger partial charge is 0.489 e. The molecule has 0 saturated heterocycles. The zero-order valence-corrected chi connectivity index (χ0v) is 16.3. The van der Waals surface area contributed by atoms with Crippen molar-refractivity contribution in [3.63, 3.8) is 0 Å². The third kappa shape index (κ3) is 7.79. The van der Waals surface area contributed by atoms with Crippen LogP contribution in [0.25, 0.3) is 0 Å². The van der Waals surface area contributed by atoms with Crippen molar-refractivity contribution in [2.24, 2.45) is 5.92 Å². The Morgan fingerprint density at radius 2 is 1.76 bits per heavy atom. The second-order valence-corrected chi connectivity index (χ2v) is 6.83. The van der Waals surface area contributed by atoms with Crippen LogP contribution in [0.1, 0.15) is 24.0 Å². The minimum Gasteiger partial charge on any atom is -0.489 e. The van der Waals surface area contributed by atoms with E-state index in [9.17, 15) is 14.7 Å². The van der Waals surface area contributed by atoms with Gasteiger partial charge in [-0.15, -0.1) is 6.58 Å². The number of allylic oxidation sites excluding steroid dienone is 1. The van der Waals surface area contributed by atoms with Crippen molar-refractivity contribution >= 4 is 11.9 Å². The van der Waals surface area contributed by atoms with E-state index in [1.54, 1.807) is 0 Å². The summed E-state index contributed by atoms with van der Waals surface area (Å²) < 4.78 is 5.75. The number of aliphatic carboxylic acids is 1. The number of benzene rings is 2. The van der Waals surface area contributed by atoms with Crippen molar-refractivity contribution in [2.75, 3.05) is 6.61 Å². The number of rotatable bonds is 12. The van der Waals surface area contributed by atoms with Gasteiger partial charge in [0, 0.05) is 6.42 Å². The molecule has 6 heteroatoms. The zero-order chi connectivity index (χ0) is 21.1. The van der Waals surface area contributed by atoms with Crippen molar-refractivity contribution in [3.8, 4) is 5.75 Å². The molecule has 2 atom stereocenters. The molecule has 0 bridgehead atoms. The lowest BCUT2D eigenvalue weighted by Crippen LogP contribution is -2.40. The van der Waals surface area contributed by atoms with E-state index in [4.69, 9.17) is 9.84 Å². The van der Waals surface area contributed by atoms with Gasteiger partial charge in [-0.3, -0.25) is 9.59 Å². The quantitative estimate of drug-likeness (QED) is 0.479. The lowest BCUT2D eigenvalue weighted by molar-refractivity contribution is -0.144. The fourth-order valence-corrected chi connectivity index (χ4v) is 2.89. The number of carboxylic acids is 1. The Hall–Kier alpha value is -3.12. The van der Waals surface area contributed by atoms with Crippen LogP contribution in [0, 0.1) is 5.92 Å². The van der Waals surface area contributed by atoms with Gasteiger partial charge in [-0.1, -0.05) is 48.5 Å². The third-order valence-corrected chi connectivity index (χ3v) is 4.47. The molecule has 2 rings (SSSR count). The minimum absolute atomic E-state index is 0.149. The van der Waals surface area contributed by atoms with Crippen LogP contribution in [0.2, 0.25) is 0 Å². The molecule has 0 aromatic heterocycles. The van der Waals surface area contributed by atoms with E-state index in [0.717, 1.165) is 16.9 Å². The number of amides is 1. The summed E-state index contributed by atoms with van der Waals surface area (Å²) in [6, 6.07) is 16.8. The Morgan fingerprint density at radius 3 is 2.34 bits per heavy atom. The highest BCUT2D eigenvalue weighted by Crippen LogP contribution is 2.16. The van der Waals surface area contributed by atoms with E-state index in [1.807, 2.05) is 54.6 Å². The number of aliphatic hydroxyl groups is 1. The highest BCUT2D eigenvalue weighted by atomic mass is 16.5. The summed E-state index contributed by atoms with van der Waals surface area (Å²) in [4.78, 5) is 23.3. The number of nitrogens with one attached hydrogen (secondary N) is 1. The van der Waals surface area contributed by atoms with Crippen LogP contribution < -0.4 is 10.1 Å². The minimum atomic E-state index is -1.04. The maximum Gasteiger partial charge on any atom is 0.307 e. The number of carbonyl (C=O) groups excluding carboxylic acids is 1. The number of aliphatic hydroxyl groups excluding tert-OH is 1. The molecule has 154 valence electrons. The monoisotopic (exact) mass is 397 g/mol. The number of ether oxygens (including phenoxy) is 1. The first-order valence-electron chi connectivity index (χ1n) is 9.51. The van der Waals surface area contributed by atoms with E-state index in [-0.39, 0.29) is 19.4 Å². The Labute approximate surface area is 170 Å². The average molecular weight is 397 g/mol. The Morgan fingerprint density at radius 1 is 1.07 bits per heavy atom. The molecule has 6 nitrogen and oxygen atoms in total. The molecule has 0 saturated carbocycles. The third-order valence-electron chi connectivity index (χ3n) is 4.47. The predicted molar refractivity (Wildman–Crippen MR) is 110 cm³/mol. The molecule has 0 aliphatic rings. The standard InChI is InChI=1S/C23H27NO5/c1-2-6-19(23(27)28)14-22(26)24-20(15-25)13-17-9-11-21(12-10-17)29-16-18-7-4-3-5-8-18/h2-5,7-12,19-20,25H,1,6,13-16H2,(H,24,26)(H,27,28)/t19-,20+/m1/s1. The molecule has 0 radical (unpaired) electrons. The molecule has 0 spiro atoms. The van der Waals surface area contributed by atoms with Gasteiger partial charge in [0.2, 0.25) is 5.91 Å². The highest BCUT2D eigenvalue weighted by Gasteiger charge is 2.21. The number of carbonyl (C=O) groups is 2. The predicted octanol–water partition coefficient (Wildman–Crippen LogP) is 2.95. The van der Waals surface area contributed by atoms with Gasteiger partial charge in [-0.05, 0) is 36.1 Å². The van der Waals surface area contributed by atoms with Crippen LogP contribution in [0.15, 0.2) is 67.3 Å². The maximum atomic E-state index is 12.1. The lowest BCUT2D eigenvalue weighted by atomic mass is 10.0. The molecule has 0 unspecified atom stereocenters. The first-order valence-corrected chi connectivity index (χ1v) is 9.51. The van der Waals surface area contributed by atoms with Crippen molar-refractivity contribution < 1.29 is 24.5 Å². The number of carboxylic acid groups (broad SMARTS) is 1. The summed E-state index contributed by atoms with van der Waals surface area (Å²) in [5.74, 6) is -1.52. The van der Waals surface area contributed by atoms with Crippen molar-refractivity contribution in [1.29, 1.82) is 0 Å². The normalized spacial score (nSPS) is 12.6. The SMILES string of the molecule is C=CC[C@H](CC(=O)N[C@H](CO)Cc1ccc(OCc2ccccc2)cc1)C(=O)O. The number of hydrogen-bond acceptors (Lipinski definition) is 4. The molecule has 2 aromatic rings. The number of hydrogen-bond donors (Lipinski definition) is 3. The van der Waals surface area contributed by atoms with Crippen LogP contribution in [-0.2, 0) is 22.6 Å². The van der Waals surface area contributed by atoms with E-state index < -0.39 is 23.8 Å².